The molecule has 2 nitrogen and oxygen atoms in total. The average molecular weight is 285 g/mol. The SMILES string of the molecule is Cc1ccc2c(c1)CC(CC(N)Cc1ccc(F)cc1)O2. The van der Waals surface area contributed by atoms with Crippen LogP contribution < -0.4 is 10.5 Å². The largest absolute Gasteiger partial charge is 0.490 e. The number of benzene rings is 2. The second-order valence-corrected chi connectivity index (χ2v) is 5.88. The molecular formula is C18H20FNO. The van der Waals surface area contributed by atoms with Crippen molar-refractivity contribution in [3.8, 4) is 5.75 Å². The molecule has 110 valence electrons. The predicted molar refractivity (Wildman–Crippen MR) is 82.0 cm³/mol. The van der Waals surface area contributed by atoms with Crippen molar-refractivity contribution in [1.29, 1.82) is 0 Å². The maximum Gasteiger partial charge on any atom is 0.123 e. The molecule has 0 aromatic heterocycles. The van der Waals surface area contributed by atoms with Crippen molar-refractivity contribution < 1.29 is 9.13 Å². The van der Waals surface area contributed by atoms with E-state index in [-0.39, 0.29) is 18.0 Å². The molecule has 2 aromatic carbocycles. The summed E-state index contributed by atoms with van der Waals surface area (Å²) in [6.07, 6.45) is 2.63. The van der Waals surface area contributed by atoms with Crippen LogP contribution in [0.5, 0.6) is 5.75 Å². The number of fused-ring (bicyclic) bond motifs is 1. The van der Waals surface area contributed by atoms with Crippen LogP contribution in [0.3, 0.4) is 0 Å². The zero-order valence-electron chi connectivity index (χ0n) is 12.2. The Bertz CT molecular complexity index is 624. The van der Waals surface area contributed by atoms with E-state index in [1.165, 1.54) is 23.3 Å². The zero-order valence-corrected chi connectivity index (χ0v) is 12.2. The number of aryl methyl sites for hydroxylation is 1. The third kappa shape index (κ3) is 3.42. The molecule has 0 spiro atoms. The molecule has 21 heavy (non-hydrogen) atoms. The van der Waals surface area contributed by atoms with Crippen LogP contribution in [-0.2, 0) is 12.8 Å². The van der Waals surface area contributed by atoms with E-state index >= 15 is 0 Å². The van der Waals surface area contributed by atoms with E-state index in [9.17, 15) is 4.39 Å². The Morgan fingerprint density at radius 3 is 2.76 bits per heavy atom. The van der Waals surface area contributed by atoms with Gasteiger partial charge in [0.25, 0.3) is 0 Å². The fourth-order valence-electron chi connectivity index (χ4n) is 2.92. The Balaban J connectivity index is 1.57. The maximum atomic E-state index is 12.9. The summed E-state index contributed by atoms with van der Waals surface area (Å²) < 4.78 is 18.8. The van der Waals surface area contributed by atoms with Crippen LogP contribution in [0.1, 0.15) is 23.1 Å². The fraction of sp³-hybridized carbons (Fsp3) is 0.333. The zero-order chi connectivity index (χ0) is 14.8. The van der Waals surface area contributed by atoms with Crippen molar-refractivity contribution in [2.24, 2.45) is 5.73 Å². The standard InChI is InChI=1S/C18H20FNO/c1-12-2-7-18-14(8-12)10-17(21-18)11-16(20)9-13-3-5-15(19)6-4-13/h2-8,16-17H,9-11,20H2,1H3. The molecule has 3 heteroatoms. The molecular weight excluding hydrogens is 265 g/mol. The van der Waals surface area contributed by atoms with Gasteiger partial charge in [-0.15, -0.1) is 0 Å². The van der Waals surface area contributed by atoms with Gasteiger partial charge in [0, 0.05) is 18.9 Å². The summed E-state index contributed by atoms with van der Waals surface area (Å²) in [6, 6.07) is 12.9. The number of ether oxygens (including phenoxy) is 1. The monoisotopic (exact) mass is 285 g/mol. The van der Waals surface area contributed by atoms with E-state index in [2.05, 4.69) is 19.1 Å². The second-order valence-electron chi connectivity index (χ2n) is 5.88. The molecule has 0 saturated heterocycles. The molecule has 0 radical (unpaired) electrons. The van der Waals surface area contributed by atoms with Gasteiger partial charge >= 0.3 is 0 Å². The molecule has 3 rings (SSSR count). The molecule has 0 aliphatic carbocycles. The Morgan fingerprint density at radius 1 is 1.24 bits per heavy atom. The summed E-state index contributed by atoms with van der Waals surface area (Å²) in [6.45, 7) is 2.09. The van der Waals surface area contributed by atoms with Crippen molar-refractivity contribution in [2.75, 3.05) is 0 Å². The number of hydrogen-bond donors (Lipinski definition) is 1. The van der Waals surface area contributed by atoms with Crippen LogP contribution in [0.2, 0.25) is 0 Å². The lowest BCUT2D eigenvalue weighted by Gasteiger charge is -2.16. The van der Waals surface area contributed by atoms with Crippen LogP contribution in [0.25, 0.3) is 0 Å². The highest BCUT2D eigenvalue weighted by Crippen LogP contribution is 2.31. The van der Waals surface area contributed by atoms with Gasteiger partial charge in [-0.2, -0.15) is 0 Å². The summed E-state index contributed by atoms with van der Waals surface area (Å²) >= 11 is 0. The van der Waals surface area contributed by atoms with Crippen LogP contribution in [0, 0.1) is 12.7 Å². The van der Waals surface area contributed by atoms with Crippen molar-refractivity contribution in [3.05, 3.63) is 65.0 Å². The lowest BCUT2D eigenvalue weighted by Crippen LogP contribution is -2.30. The van der Waals surface area contributed by atoms with Gasteiger partial charge in [-0.05, 0) is 42.7 Å². The van der Waals surface area contributed by atoms with E-state index in [0.717, 1.165) is 30.6 Å². The molecule has 0 amide bonds. The summed E-state index contributed by atoms with van der Waals surface area (Å²) in [7, 11) is 0. The molecule has 0 fully saturated rings. The van der Waals surface area contributed by atoms with Gasteiger partial charge in [-0.25, -0.2) is 4.39 Å². The number of rotatable bonds is 4. The van der Waals surface area contributed by atoms with E-state index in [1.807, 2.05) is 6.07 Å². The highest BCUT2D eigenvalue weighted by atomic mass is 19.1. The van der Waals surface area contributed by atoms with Crippen molar-refractivity contribution in [1.82, 2.24) is 0 Å². The predicted octanol–water partition coefficient (Wildman–Crippen LogP) is 3.40. The Kier molecular flexibility index (Phi) is 3.93. The van der Waals surface area contributed by atoms with Crippen LogP contribution >= 0.6 is 0 Å². The van der Waals surface area contributed by atoms with Crippen molar-refractivity contribution in [3.63, 3.8) is 0 Å². The minimum Gasteiger partial charge on any atom is -0.490 e. The molecule has 0 bridgehead atoms. The van der Waals surface area contributed by atoms with Gasteiger partial charge < -0.3 is 10.5 Å². The molecule has 2 aromatic rings. The van der Waals surface area contributed by atoms with Gasteiger partial charge in [0.05, 0.1) is 0 Å². The molecule has 2 atom stereocenters. The first-order chi connectivity index (χ1) is 10.1. The first-order valence-electron chi connectivity index (χ1n) is 7.36. The van der Waals surface area contributed by atoms with Crippen molar-refractivity contribution in [2.45, 2.75) is 38.3 Å². The quantitative estimate of drug-likeness (QED) is 0.934. The number of nitrogens with two attached hydrogens (primary N) is 1. The minimum atomic E-state index is -0.211. The molecule has 1 aliphatic heterocycles. The number of halogens is 1. The van der Waals surface area contributed by atoms with Crippen LogP contribution in [0.15, 0.2) is 42.5 Å². The minimum absolute atomic E-state index is 0.0240. The summed E-state index contributed by atoms with van der Waals surface area (Å²) in [5.41, 5.74) is 9.81. The summed E-state index contributed by atoms with van der Waals surface area (Å²) in [5.74, 6) is 0.775. The highest BCUT2D eigenvalue weighted by Gasteiger charge is 2.24. The topological polar surface area (TPSA) is 35.2 Å². The van der Waals surface area contributed by atoms with Gasteiger partial charge in [-0.1, -0.05) is 29.8 Å². The third-order valence-electron chi connectivity index (χ3n) is 3.93. The van der Waals surface area contributed by atoms with Crippen molar-refractivity contribution >= 4 is 0 Å². The smallest absolute Gasteiger partial charge is 0.123 e. The Hall–Kier alpha value is -1.87. The van der Waals surface area contributed by atoms with E-state index < -0.39 is 0 Å². The van der Waals surface area contributed by atoms with E-state index in [4.69, 9.17) is 10.5 Å². The van der Waals surface area contributed by atoms with Gasteiger partial charge in [0.1, 0.15) is 17.7 Å². The second kappa shape index (κ2) is 5.86. The average Bonchev–Trinajstić information content (AvgIpc) is 2.82. The van der Waals surface area contributed by atoms with E-state index in [0.29, 0.717) is 0 Å². The first-order valence-corrected chi connectivity index (χ1v) is 7.36. The van der Waals surface area contributed by atoms with Crippen LogP contribution in [-0.4, -0.2) is 12.1 Å². The van der Waals surface area contributed by atoms with Gasteiger partial charge in [-0.3, -0.25) is 0 Å². The van der Waals surface area contributed by atoms with E-state index in [1.54, 1.807) is 12.1 Å². The third-order valence-corrected chi connectivity index (χ3v) is 3.93. The molecule has 0 saturated carbocycles. The summed E-state index contributed by atoms with van der Waals surface area (Å²) in [5, 5.41) is 0. The molecule has 1 aliphatic rings. The highest BCUT2D eigenvalue weighted by molar-refractivity contribution is 5.40. The van der Waals surface area contributed by atoms with Crippen LogP contribution in [0.4, 0.5) is 4.39 Å². The van der Waals surface area contributed by atoms with Gasteiger partial charge in [0.2, 0.25) is 0 Å². The normalized spacial score (nSPS) is 18.1. The maximum absolute atomic E-state index is 12.9. The lowest BCUT2D eigenvalue weighted by atomic mass is 9.98. The first kappa shape index (κ1) is 14.1. The summed E-state index contributed by atoms with van der Waals surface area (Å²) in [4.78, 5) is 0. The molecule has 2 unspecified atom stereocenters. The Morgan fingerprint density at radius 2 is 2.00 bits per heavy atom. The Labute approximate surface area is 124 Å². The molecule has 2 N–H and O–H groups in total. The number of hydrogen-bond acceptors (Lipinski definition) is 2. The fourth-order valence-corrected chi connectivity index (χ4v) is 2.92. The molecule has 1 heterocycles. The lowest BCUT2D eigenvalue weighted by molar-refractivity contribution is 0.210. The van der Waals surface area contributed by atoms with Gasteiger partial charge in [0.15, 0.2) is 0 Å².